The van der Waals surface area contributed by atoms with Gasteiger partial charge in [-0.05, 0) is 24.3 Å². The molecule has 2 rings (SSSR count). The van der Waals surface area contributed by atoms with Crippen molar-refractivity contribution in [3.63, 3.8) is 0 Å². The number of pyridine rings is 1. The Morgan fingerprint density at radius 3 is 2.56 bits per heavy atom. The maximum atomic E-state index is 12.7. The largest absolute Gasteiger partial charge is 0.439 e. The topological polar surface area (TPSA) is 91.2 Å². The summed E-state index contributed by atoms with van der Waals surface area (Å²) in [6.45, 7) is 0. The van der Waals surface area contributed by atoms with Crippen molar-refractivity contribution in [2.24, 2.45) is 5.73 Å². The van der Waals surface area contributed by atoms with E-state index < -0.39 is 5.91 Å². The van der Waals surface area contributed by atoms with Crippen molar-refractivity contribution in [3.8, 4) is 11.6 Å². The second-order valence-electron chi connectivity index (χ2n) is 3.53. The fourth-order valence-corrected chi connectivity index (χ4v) is 1.34. The summed E-state index contributed by atoms with van der Waals surface area (Å²) in [6, 6.07) is 6.72. The fourth-order valence-electron chi connectivity index (χ4n) is 1.34. The van der Waals surface area contributed by atoms with E-state index in [4.69, 9.17) is 16.2 Å². The highest BCUT2D eigenvalue weighted by Gasteiger charge is 2.09. The van der Waals surface area contributed by atoms with Crippen LogP contribution in [0.15, 0.2) is 36.5 Å². The molecule has 1 aromatic heterocycles. The number of nitrogens with two attached hydrogens (primary N) is 2. The standard InChI is InChI=1S/C12H10FN3O2/c13-7-1-3-8(4-2-7)18-11-5-9(12(15)17)10(14)6-16-11/h1-6H,14H2,(H2,15,17). The zero-order valence-electron chi connectivity index (χ0n) is 9.26. The molecule has 2 aromatic rings. The van der Waals surface area contributed by atoms with Crippen LogP contribution in [0.3, 0.4) is 0 Å². The average Bonchev–Trinajstić information content (AvgIpc) is 2.34. The fraction of sp³-hybridized carbons (Fsp3) is 0. The monoisotopic (exact) mass is 247 g/mol. The van der Waals surface area contributed by atoms with E-state index in [2.05, 4.69) is 4.98 Å². The van der Waals surface area contributed by atoms with Gasteiger partial charge in [-0.15, -0.1) is 0 Å². The van der Waals surface area contributed by atoms with Crippen LogP contribution < -0.4 is 16.2 Å². The summed E-state index contributed by atoms with van der Waals surface area (Å²) in [5, 5.41) is 0. The van der Waals surface area contributed by atoms with Crippen LogP contribution in [0, 0.1) is 5.82 Å². The number of hydrogen-bond acceptors (Lipinski definition) is 4. The zero-order valence-corrected chi connectivity index (χ0v) is 9.26. The quantitative estimate of drug-likeness (QED) is 0.863. The molecule has 0 unspecified atom stereocenters. The summed E-state index contributed by atoms with van der Waals surface area (Å²) in [4.78, 5) is 15.0. The molecule has 0 spiro atoms. The van der Waals surface area contributed by atoms with Gasteiger partial charge in [0.25, 0.3) is 5.91 Å². The van der Waals surface area contributed by atoms with Gasteiger partial charge in [-0.1, -0.05) is 0 Å². The molecule has 0 fully saturated rings. The molecule has 1 amide bonds. The molecule has 1 heterocycles. The Labute approximate surface area is 102 Å². The Hall–Kier alpha value is -2.63. The lowest BCUT2D eigenvalue weighted by Gasteiger charge is -2.07. The molecular weight excluding hydrogens is 237 g/mol. The first-order valence-corrected chi connectivity index (χ1v) is 5.05. The van der Waals surface area contributed by atoms with Crippen molar-refractivity contribution in [3.05, 3.63) is 47.9 Å². The van der Waals surface area contributed by atoms with Crippen molar-refractivity contribution in [2.45, 2.75) is 0 Å². The number of nitrogens with zero attached hydrogens (tertiary/aromatic N) is 1. The molecule has 5 nitrogen and oxygen atoms in total. The third-order valence-electron chi connectivity index (χ3n) is 2.21. The van der Waals surface area contributed by atoms with Gasteiger partial charge in [0.15, 0.2) is 0 Å². The smallest absolute Gasteiger partial charge is 0.251 e. The Kier molecular flexibility index (Phi) is 3.09. The minimum absolute atomic E-state index is 0.127. The first-order chi connectivity index (χ1) is 8.56. The van der Waals surface area contributed by atoms with Crippen LogP contribution >= 0.6 is 0 Å². The third kappa shape index (κ3) is 2.54. The third-order valence-corrected chi connectivity index (χ3v) is 2.21. The number of primary amides is 1. The van der Waals surface area contributed by atoms with Crippen molar-refractivity contribution in [2.75, 3.05) is 5.73 Å². The van der Waals surface area contributed by atoms with Gasteiger partial charge in [0.2, 0.25) is 5.88 Å². The number of aromatic nitrogens is 1. The number of nitrogen functional groups attached to an aromatic ring is 1. The van der Waals surface area contributed by atoms with E-state index in [1.165, 1.54) is 36.5 Å². The van der Waals surface area contributed by atoms with Gasteiger partial charge < -0.3 is 16.2 Å². The minimum atomic E-state index is -0.668. The summed E-state index contributed by atoms with van der Waals surface area (Å²) in [5.41, 5.74) is 11.0. The van der Waals surface area contributed by atoms with Crippen LogP contribution in [0.5, 0.6) is 11.6 Å². The SMILES string of the molecule is NC(=O)c1cc(Oc2ccc(F)cc2)ncc1N. The summed E-state index contributed by atoms with van der Waals surface area (Å²) in [7, 11) is 0. The first kappa shape index (κ1) is 11.8. The maximum absolute atomic E-state index is 12.7. The van der Waals surface area contributed by atoms with Gasteiger partial charge in [0.05, 0.1) is 17.4 Å². The van der Waals surface area contributed by atoms with Gasteiger partial charge in [-0.3, -0.25) is 4.79 Å². The van der Waals surface area contributed by atoms with Crippen LogP contribution in [0.2, 0.25) is 0 Å². The lowest BCUT2D eigenvalue weighted by Crippen LogP contribution is -2.13. The molecule has 18 heavy (non-hydrogen) atoms. The maximum Gasteiger partial charge on any atom is 0.251 e. The van der Waals surface area contributed by atoms with Crippen LogP contribution in [0.1, 0.15) is 10.4 Å². The molecule has 0 aliphatic carbocycles. The Morgan fingerprint density at radius 1 is 1.28 bits per heavy atom. The number of halogens is 1. The molecule has 0 saturated heterocycles. The van der Waals surface area contributed by atoms with Gasteiger partial charge in [-0.2, -0.15) is 0 Å². The van der Waals surface area contributed by atoms with E-state index in [-0.39, 0.29) is 22.9 Å². The van der Waals surface area contributed by atoms with Crippen molar-refractivity contribution in [1.82, 2.24) is 4.98 Å². The lowest BCUT2D eigenvalue weighted by atomic mass is 10.2. The second kappa shape index (κ2) is 4.70. The summed E-state index contributed by atoms with van der Waals surface area (Å²) < 4.78 is 18.0. The number of amides is 1. The Balaban J connectivity index is 2.27. The predicted molar refractivity (Wildman–Crippen MR) is 63.6 cm³/mol. The van der Waals surface area contributed by atoms with Crippen LogP contribution in [0.25, 0.3) is 0 Å². The van der Waals surface area contributed by atoms with Gasteiger partial charge in [0.1, 0.15) is 11.6 Å². The van der Waals surface area contributed by atoms with E-state index in [0.29, 0.717) is 5.75 Å². The molecule has 6 heteroatoms. The molecule has 0 bridgehead atoms. The molecular formula is C12H10FN3O2. The number of hydrogen-bond donors (Lipinski definition) is 2. The van der Waals surface area contributed by atoms with E-state index >= 15 is 0 Å². The summed E-state index contributed by atoms with van der Waals surface area (Å²) >= 11 is 0. The van der Waals surface area contributed by atoms with Crippen LogP contribution in [0.4, 0.5) is 10.1 Å². The molecule has 0 aliphatic heterocycles. The molecule has 1 aromatic carbocycles. The minimum Gasteiger partial charge on any atom is -0.439 e. The normalized spacial score (nSPS) is 10.1. The molecule has 0 radical (unpaired) electrons. The van der Waals surface area contributed by atoms with E-state index in [1.807, 2.05) is 0 Å². The highest BCUT2D eigenvalue weighted by Crippen LogP contribution is 2.22. The number of carbonyl (C=O) groups excluding carboxylic acids is 1. The van der Waals surface area contributed by atoms with Crippen LogP contribution in [-0.4, -0.2) is 10.9 Å². The summed E-state index contributed by atoms with van der Waals surface area (Å²) in [6.07, 6.45) is 1.28. The Bertz CT molecular complexity index is 584. The Morgan fingerprint density at radius 2 is 1.94 bits per heavy atom. The highest BCUT2D eigenvalue weighted by molar-refractivity contribution is 5.98. The van der Waals surface area contributed by atoms with E-state index in [9.17, 15) is 9.18 Å². The van der Waals surface area contributed by atoms with Gasteiger partial charge >= 0.3 is 0 Å². The molecule has 0 atom stereocenters. The second-order valence-corrected chi connectivity index (χ2v) is 3.53. The number of carbonyl (C=O) groups is 1. The zero-order chi connectivity index (χ0) is 13.1. The number of ether oxygens (including phenoxy) is 1. The lowest BCUT2D eigenvalue weighted by molar-refractivity contribution is 0.100. The van der Waals surface area contributed by atoms with Crippen molar-refractivity contribution >= 4 is 11.6 Å². The molecule has 92 valence electrons. The average molecular weight is 247 g/mol. The number of benzene rings is 1. The summed E-state index contributed by atoms with van der Waals surface area (Å²) in [5.74, 6) is -0.488. The number of rotatable bonds is 3. The van der Waals surface area contributed by atoms with Gasteiger partial charge in [0, 0.05) is 6.07 Å². The molecule has 0 saturated carbocycles. The molecule has 4 N–H and O–H groups in total. The highest BCUT2D eigenvalue weighted by atomic mass is 19.1. The van der Waals surface area contributed by atoms with Crippen molar-refractivity contribution in [1.29, 1.82) is 0 Å². The van der Waals surface area contributed by atoms with Crippen LogP contribution in [-0.2, 0) is 0 Å². The van der Waals surface area contributed by atoms with E-state index in [0.717, 1.165) is 0 Å². The van der Waals surface area contributed by atoms with E-state index in [1.54, 1.807) is 0 Å². The first-order valence-electron chi connectivity index (χ1n) is 5.05. The predicted octanol–water partition coefficient (Wildman–Crippen LogP) is 1.69. The molecule has 0 aliphatic rings. The van der Waals surface area contributed by atoms with Crippen molar-refractivity contribution < 1.29 is 13.9 Å². The number of anilines is 1. The van der Waals surface area contributed by atoms with Gasteiger partial charge in [-0.25, -0.2) is 9.37 Å².